The van der Waals surface area contributed by atoms with Crippen LogP contribution in [-0.2, 0) is 0 Å². The van der Waals surface area contributed by atoms with Crippen molar-refractivity contribution in [1.82, 2.24) is 9.97 Å². The summed E-state index contributed by atoms with van der Waals surface area (Å²) in [5, 5.41) is 3.92. The fraction of sp³-hybridized carbons (Fsp3) is 0.167. The number of halogens is 2. The molecule has 0 radical (unpaired) electrons. The van der Waals surface area contributed by atoms with E-state index < -0.39 is 0 Å². The van der Waals surface area contributed by atoms with Crippen LogP contribution in [0.3, 0.4) is 0 Å². The van der Waals surface area contributed by atoms with Gasteiger partial charge in [0, 0.05) is 11.8 Å². The van der Waals surface area contributed by atoms with Crippen LogP contribution in [0.4, 0.5) is 15.9 Å². The fourth-order valence-electron chi connectivity index (χ4n) is 1.37. The third-order valence-corrected chi connectivity index (χ3v) is 3.04. The number of nitrogens with one attached hydrogen (secondary N) is 1. The van der Waals surface area contributed by atoms with E-state index >= 15 is 0 Å². The SMILES string of the molecule is CSc1nc(Cl)cc(Nc2ccc(C)c(F)c2)n1. The normalized spacial score (nSPS) is 10.4. The first-order valence-electron chi connectivity index (χ1n) is 5.20. The van der Waals surface area contributed by atoms with Crippen LogP contribution in [0, 0.1) is 12.7 Å². The zero-order chi connectivity index (χ0) is 13.1. The first kappa shape index (κ1) is 13.1. The first-order valence-corrected chi connectivity index (χ1v) is 6.80. The molecule has 0 bridgehead atoms. The Kier molecular flexibility index (Phi) is 4.04. The highest BCUT2D eigenvalue weighted by molar-refractivity contribution is 7.98. The predicted octanol–water partition coefficient (Wildman–Crippen LogP) is 4.04. The summed E-state index contributed by atoms with van der Waals surface area (Å²) < 4.78 is 13.4. The summed E-state index contributed by atoms with van der Waals surface area (Å²) in [4.78, 5) is 8.26. The Morgan fingerprint density at radius 2 is 2.06 bits per heavy atom. The highest BCUT2D eigenvalue weighted by atomic mass is 35.5. The number of anilines is 2. The van der Waals surface area contributed by atoms with Gasteiger partial charge in [-0.1, -0.05) is 29.4 Å². The molecular weight excluding hydrogens is 273 g/mol. The molecule has 0 aliphatic heterocycles. The Bertz CT molecular complexity index is 577. The van der Waals surface area contributed by atoms with Crippen molar-refractivity contribution in [2.45, 2.75) is 12.1 Å². The van der Waals surface area contributed by atoms with Crippen LogP contribution in [0.2, 0.25) is 5.15 Å². The predicted molar refractivity (Wildman–Crippen MR) is 73.2 cm³/mol. The van der Waals surface area contributed by atoms with Crippen LogP contribution < -0.4 is 5.32 Å². The topological polar surface area (TPSA) is 37.8 Å². The lowest BCUT2D eigenvalue weighted by atomic mass is 10.2. The average molecular weight is 284 g/mol. The van der Waals surface area contributed by atoms with Gasteiger partial charge in [0.05, 0.1) is 0 Å². The quantitative estimate of drug-likeness (QED) is 0.524. The van der Waals surface area contributed by atoms with Crippen LogP contribution in [-0.4, -0.2) is 16.2 Å². The van der Waals surface area contributed by atoms with Crippen molar-refractivity contribution in [3.63, 3.8) is 0 Å². The zero-order valence-corrected chi connectivity index (χ0v) is 11.4. The van der Waals surface area contributed by atoms with Crippen molar-refractivity contribution in [2.24, 2.45) is 0 Å². The van der Waals surface area contributed by atoms with Crippen molar-refractivity contribution < 1.29 is 4.39 Å². The molecule has 3 nitrogen and oxygen atoms in total. The maximum Gasteiger partial charge on any atom is 0.190 e. The van der Waals surface area contributed by atoms with Gasteiger partial charge in [-0.3, -0.25) is 0 Å². The molecular formula is C12H11ClFN3S. The van der Waals surface area contributed by atoms with E-state index in [-0.39, 0.29) is 5.82 Å². The molecule has 2 aromatic rings. The van der Waals surface area contributed by atoms with Gasteiger partial charge >= 0.3 is 0 Å². The van der Waals surface area contributed by atoms with Gasteiger partial charge in [-0.25, -0.2) is 14.4 Å². The van der Waals surface area contributed by atoms with Gasteiger partial charge in [-0.15, -0.1) is 0 Å². The monoisotopic (exact) mass is 283 g/mol. The van der Waals surface area contributed by atoms with Gasteiger partial charge < -0.3 is 5.32 Å². The zero-order valence-electron chi connectivity index (χ0n) is 9.87. The number of rotatable bonds is 3. The van der Waals surface area contributed by atoms with E-state index in [1.54, 1.807) is 25.1 Å². The molecule has 0 saturated carbocycles. The number of aryl methyl sites for hydroxylation is 1. The second-order valence-corrected chi connectivity index (χ2v) is 4.81. The minimum absolute atomic E-state index is 0.259. The van der Waals surface area contributed by atoms with E-state index in [0.717, 1.165) is 0 Å². The van der Waals surface area contributed by atoms with Gasteiger partial charge in [-0.05, 0) is 30.9 Å². The molecule has 94 valence electrons. The molecule has 2 rings (SSSR count). The maximum absolute atomic E-state index is 13.4. The van der Waals surface area contributed by atoms with Crippen LogP contribution in [0.5, 0.6) is 0 Å². The third-order valence-electron chi connectivity index (χ3n) is 2.30. The largest absolute Gasteiger partial charge is 0.340 e. The number of hydrogen-bond donors (Lipinski definition) is 1. The minimum atomic E-state index is -0.259. The lowest BCUT2D eigenvalue weighted by molar-refractivity contribution is 0.619. The molecule has 0 spiro atoms. The average Bonchev–Trinajstić information content (AvgIpc) is 2.33. The smallest absolute Gasteiger partial charge is 0.190 e. The lowest BCUT2D eigenvalue weighted by Gasteiger charge is -2.07. The highest BCUT2D eigenvalue weighted by Gasteiger charge is 2.04. The highest BCUT2D eigenvalue weighted by Crippen LogP contribution is 2.22. The van der Waals surface area contributed by atoms with Crippen molar-refractivity contribution in [3.05, 3.63) is 40.8 Å². The molecule has 1 heterocycles. The number of aromatic nitrogens is 2. The van der Waals surface area contributed by atoms with E-state index in [2.05, 4.69) is 15.3 Å². The molecule has 1 N–H and O–H groups in total. The summed E-state index contributed by atoms with van der Waals surface area (Å²) in [5.74, 6) is 0.285. The molecule has 0 fully saturated rings. The van der Waals surface area contributed by atoms with E-state index in [9.17, 15) is 4.39 Å². The molecule has 1 aromatic heterocycles. The number of benzene rings is 1. The molecule has 6 heteroatoms. The summed E-state index contributed by atoms with van der Waals surface area (Å²) in [6.45, 7) is 1.71. The van der Waals surface area contributed by atoms with Gasteiger partial charge in [0.1, 0.15) is 16.8 Å². The molecule has 0 aliphatic rings. The fourth-order valence-corrected chi connectivity index (χ4v) is 1.98. The van der Waals surface area contributed by atoms with Gasteiger partial charge in [-0.2, -0.15) is 0 Å². The number of nitrogens with zero attached hydrogens (tertiary/aromatic N) is 2. The van der Waals surface area contributed by atoms with Crippen molar-refractivity contribution in [3.8, 4) is 0 Å². The Labute approximate surface area is 114 Å². The minimum Gasteiger partial charge on any atom is -0.340 e. The molecule has 18 heavy (non-hydrogen) atoms. The number of thioether (sulfide) groups is 1. The molecule has 0 amide bonds. The van der Waals surface area contributed by atoms with E-state index in [1.807, 2.05) is 6.26 Å². The Morgan fingerprint density at radius 1 is 1.28 bits per heavy atom. The van der Waals surface area contributed by atoms with E-state index in [0.29, 0.717) is 27.4 Å². The molecule has 0 saturated heterocycles. The van der Waals surface area contributed by atoms with Gasteiger partial charge in [0.15, 0.2) is 5.16 Å². The van der Waals surface area contributed by atoms with Crippen LogP contribution in [0.1, 0.15) is 5.56 Å². The first-order chi connectivity index (χ1) is 8.58. The Balaban J connectivity index is 2.27. The summed E-state index contributed by atoms with van der Waals surface area (Å²) in [6.07, 6.45) is 1.86. The van der Waals surface area contributed by atoms with Crippen molar-refractivity contribution in [2.75, 3.05) is 11.6 Å². The molecule has 1 aromatic carbocycles. The van der Waals surface area contributed by atoms with Crippen LogP contribution in [0.15, 0.2) is 29.4 Å². The Morgan fingerprint density at radius 3 is 2.72 bits per heavy atom. The second-order valence-electron chi connectivity index (χ2n) is 3.65. The lowest BCUT2D eigenvalue weighted by Crippen LogP contribution is -1.97. The summed E-state index contributed by atoms with van der Waals surface area (Å²) in [5.41, 5.74) is 1.23. The van der Waals surface area contributed by atoms with E-state index in [1.165, 1.54) is 17.8 Å². The Hall–Kier alpha value is -1.33. The van der Waals surface area contributed by atoms with Gasteiger partial charge in [0.25, 0.3) is 0 Å². The molecule has 0 atom stereocenters. The molecule has 0 unspecified atom stereocenters. The van der Waals surface area contributed by atoms with Crippen LogP contribution in [0.25, 0.3) is 0 Å². The molecule has 0 aliphatic carbocycles. The van der Waals surface area contributed by atoms with E-state index in [4.69, 9.17) is 11.6 Å². The number of hydrogen-bond acceptors (Lipinski definition) is 4. The van der Waals surface area contributed by atoms with Gasteiger partial charge in [0.2, 0.25) is 0 Å². The third kappa shape index (κ3) is 3.11. The standard InChI is InChI=1S/C12H11ClFN3S/c1-7-3-4-8(5-9(7)14)15-11-6-10(13)16-12(17-11)18-2/h3-6H,1-2H3,(H,15,16,17). The second kappa shape index (κ2) is 5.54. The van der Waals surface area contributed by atoms with Crippen molar-refractivity contribution >= 4 is 34.9 Å². The maximum atomic E-state index is 13.4. The summed E-state index contributed by atoms with van der Waals surface area (Å²) in [7, 11) is 0. The summed E-state index contributed by atoms with van der Waals surface area (Å²) in [6, 6.07) is 6.51. The van der Waals surface area contributed by atoms with Crippen LogP contribution >= 0.6 is 23.4 Å². The summed E-state index contributed by atoms with van der Waals surface area (Å²) >= 11 is 7.27. The van der Waals surface area contributed by atoms with Crippen molar-refractivity contribution in [1.29, 1.82) is 0 Å².